The van der Waals surface area contributed by atoms with Gasteiger partial charge in [-0.25, -0.2) is 4.98 Å². The van der Waals surface area contributed by atoms with Gasteiger partial charge >= 0.3 is 0 Å². The topological polar surface area (TPSA) is 22.1 Å². The normalized spacial score (nSPS) is 10.1. The van der Waals surface area contributed by atoms with Crippen molar-refractivity contribution in [2.75, 3.05) is 6.61 Å². The highest BCUT2D eigenvalue weighted by molar-refractivity contribution is 9.10. The van der Waals surface area contributed by atoms with Gasteiger partial charge < -0.3 is 4.74 Å². The number of ether oxygens (including phenoxy) is 1. The number of benzene rings is 1. The van der Waals surface area contributed by atoms with Crippen LogP contribution in [-0.4, -0.2) is 11.6 Å². The third-order valence-electron chi connectivity index (χ3n) is 2.20. The van der Waals surface area contributed by atoms with Crippen molar-refractivity contribution in [1.82, 2.24) is 4.98 Å². The van der Waals surface area contributed by atoms with Crippen molar-refractivity contribution in [2.24, 2.45) is 0 Å². The molecule has 0 aliphatic heterocycles. The third-order valence-corrected chi connectivity index (χ3v) is 2.67. The van der Waals surface area contributed by atoms with Crippen LogP contribution >= 0.6 is 15.9 Å². The maximum atomic E-state index is 5.58. The minimum absolute atomic E-state index is 0.674. The first-order valence-corrected chi connectivity index (χ1v) is 5.92. The van der Waals surface area contributed by atoms with Gasteiger partial charge in [0.1, 0.15) is 10.4 Å². The van der Waals surface area contributed by atoms with E-state index in [1.807, 2.05) is 30.3 Å². The molecule has 0 aliphatic rings. The van der Waals surface area contributed by atoms with Crippen LogP contribution < -0.4 is 4.74 Å². The molecule has 1 heterocycles. The fraction of sp³-hybridized carbons (Fsp3) is 0.154. The van der Waals surface area contributed by atoms with E-state index in [-0.39, 0.29) is 0 Å². The molecule has 2 rings (SSSR count). The summed E-state index contributed by atoms with van der Waals surface area (Å²) in [6, 6.07) is 14.1. The molecule has 0 unspecified atom stereocenters. The van der Waals surface area contributed by atoms with Crippen molar-refractivity contribution in [1.29, 1.82) is 0 Å². The molecular weight excluding hydrogens is 266 g/mol. The Morgan fingerprint density at radius 3 is 2.56 bits per heavy atom. The second-order valence-corrected chi connectivity index (χ2v) is 4.21. The monoisotopic (exact) mass is 277 g/mol. The summed E-state index contributed by atoms with van der Waals surface area (Å²) in [5.41, 5.74) is 1.28. The van der Waals surface area contributed by atoms with Crippen LogP contribution in [0.5, 0.6) is 5.75 Å². The summed E-state index contributed by atoms with van der Waals surface area (Å²) in [5.74, 6) is 0.805. The Kier molecular flexibility index (Phi) is 3.94. The van der Waals surface area contributed by atoms with Crippen molar-refractivity contribution >= 4 is 15.9 Å². The summed E-state index contributed by atoms with van der Waals surface area (Å²) in [6.45, 7) is 0.674. The molecule has 0 aliphatic carbocycles. The van der Waals surface area contributed by atoms with E-state index in [0.29, 0.717) is 6.61 Å². The van der Waals surface area contributed by atoms with Gasteiger partial charge in [0.2, 0.25) is 0 Å². The highest BCUT2D eigenvalue weighted by atomic mass is 79.9. The summed E-state index contributed by atoms with van der Waals surface area (Å²) in [4.78, 5) is 4.10. The summed E-state index contributed by atoms with van der Waals surface area (Å²) in [7, 11) is 0. The average molecular weight is 278 g/mol. The number of aromatic nitrogens is 1. The lowest BCUT2D eigenvalue weighted by molar-refractivity contribution is 0.320. The Bertz CT molecular complexity index is 427. The molecule has 0 fully saturated rings. The van der Waals surface area contributed by atoms with Crippen molar-refractivity contribution in [3.63, 3.8) is 0 Å². The molecular formula is C13H12BrNO. The summed E-state index contributed by atoms with van der Waals surface area (Å²) in [5, 5.41) is 0. The first-order chi connectivity index (χ1) is 7.84. The van der Waals surface area contributed by atoms with E-state index in [4.69, 9.17) is 4.74 Å². The number of pyridine rings is 1. The zero-order chi connectivity index (χ0) is 11.2. The standard InChI is InChI=1S/C13H12BrNO/c14-13-7-6-12(10-15-13)16-9-8-11-4-2-1-3-5-11/h1-7,10H,8-9H2. The molecule has 3 heteroatoms. The molecule has 0 saturated carbocycles. The summed E-state index contributed by atoms with van der Waals surface area (Å²) in [6.07, 6.45) is 2.63. The molecule has 1 aromatic carbocycles. The Balaban J connectivity index is 1.82. The van der Waals surface area contributed by atoms with E-state index < -0.39 is 0 Å². The third kappa shape index (κ3) is 3.35. The summed E-state index contributed by atoms with van der Waals surface area (Å²) < 4.78 is 6.40. The van der Waals surface area contributed by atoms with Crippen molar-refractivity contribution in [3.8, 4) is 5.75 Å². The van der Waals surface area contributed by atoms with Crippen molar-refractivity contribution in [2.45, 2.75) is 6.42 Å². The first kappa shape index (κ1) is 11.1. The number of rotatable bonds is 4. The molecule has 0 amide bonds. The van der Waals surface area contributed by atoms with E-state index in [2.05, 4.69) is 33.0 Å². The fourth-order valence-corrected chi connectivity index (χ4v) is 1.61. The van der Waals surface area contributed by atoms with Gasteiger partial charge in [-0.3, -0.25) is 0 Å². The lowest BCUT2D eigenvalue weighted by Gasteiger charge is -2.05. The predicted octanol–water partition coefficient (Wildman–Crippen LogP) is 3.47. The maximum Gasteiger partial charge on any atom is 0.137 e. The van der Waals surface area contributed by atoms with Crippen LogP contribution in [-0.2, 0) is 6.42 Å². The Hall–Kier alpha value is -1.35. The second-order valence-electron chi connectivity index (χ2n) is 3.40. The second kappa shape index (κ2) is 5.66. The van der Waals surface area contributed by atoms with Crippen LogP contribution in [0, 0.1) is 0 Å². The molecule has 0 bridgehead atoms. The van der Waals surface area contributed by atoms with Crippen LogP contribution in [0.2, 0.25) is 0 Å². The van der Waals surface area contributed by atoms with Gasteiger partial charge in [-0.1, -0.05) is 30.3 Å². The fourth-order valence-electron chi connectivity index (χ4n) is 1.38. The number of halogens is 1. The van der Waals surface area contributed by atoms with Gasteiger partial charge in [0.25, 0.3) is 0 Å². The number of hydrogen-bond donors (Lipinski definition) is 0. The molecule has 2 nitrogen and oxygen atoms in total. The van der Waals surface area contributed by atoms with Gasteiger partial charge in [0.15, 0.2) is 0 Å². The summed E-state index contributed by atoms with van der Waals surface area (Å²) >= 11 is 3.28. The SMILES string of the molecule is Brc1ccc(OCCc2ccccc2)cn1. The van der Waals surface area contributed by atoms with E-state index >= 15 is 0 Å². The smallest absolute Gasteiger partial charge is 0.137 e. The van der Waals surface area contributed by atoms with Crippen LogP contribution in [0.1, 0.15) is 5.56 Å². The Morgan fingerprint density at radius 2 is 1.88 bits per heavy atom. The Morgan fingerprint density at radius 1 is 1.06 bits per heavy atom. The molecule has 16 heavy (non-hydrogen) atoms. The van der Waals surface area contributed by atoms with Gasteiger partial charge in [-0.2, -0.15) is 0 Å². The zero-order valence-corrected chi connectivity index (χ0v) is 10.4. The molecule has 2 aromatic rings. The van der Waals surface area contributed by atoms with Gasteiger partial charge in [0, 0.05) is 6.42 Å². The molecule has 0 N–H and O–H groups in total. The lowest BCUT2D eigenvalue weighted by Crippen LogP contribution is -2.01. The van der Waals surface area contributed by atoms with Crippen LogP contribution in [0.3, 0.4) is 0 Å². The zero-order valence-electron chi connectivity index (χ0n) is 8.77. The quantitative estimate of drug-likeness (QED) is 0.799. The largest absolute Gasteiger partial charge is 0.492 e. The molecule has 0 atom stereocenters. The number of nitrogens with zero attached hydrogens (tertiary/aromatic N) is 1. The van der Waals surface area contributed by atoms with Crippen molar-refractivity contribution in [3.05, 3.63) is 58.8 Å². The average Bonchev–Trinajstić information content (AvgIpc) is 2.33. The van der Waals surface area contributed by atoms with E-state index in [0.717, 1.165) is 16.8 Å². The van der Waals surface area contributed by atoms with Crippen LogP contribution in [0.25, 0.3) is 0 Å². The Labute approximate surface area is 103 Å². The molecule has 0 saturated heterocycles. The van der Waals surface area contributed by atoms with Crippen LogP contribution in [0.15, 0.2) is 53.3 Å². The van der Waals surface area contributed by atoms with Crippen LogP contribution in [0.4, 0.5) is 0 Å². The molecule has 0 radical (unpaired) electrons. The van der Waals surface area contributed by atoms with Gasteiger partial charge in [-0.05, 0) is 33.6 Å². The maximum absolute atomic E-state index is 5.58. The van der Waals surface area contributed by atoms with E-state index in [1.54, 1.807) is 6.20 Å². The highest BCUT2D eigenvalue weighted by Crippen LogP contribution is 2.13. The molecule has 82 valence electrons. The minimum atomic E-state index is 0.674. The number of hydrogen-bond acceptors (Lipinski definition) is 2. The van der Waals surface area contributed by atoms with Gasteiger partial charge in [0.05, 0.1) is 12.8 Å². The lowest BCUT2D eigenvalue weighted by atomic mass is 10.2. The van der Waals surface area contributed by atoms with Crippen molar-refractivity contribution < 1.29 is 4.74 Å². The van der Waals surface area contributed by atoms with E-state index in [1.165, 1.54) is 5.56 Å². The highest BCUT2D eigenvalue weighted by Gasteiger charge is 1.95. The first-order valence-electron chi connectivity index (χ1n) is 5.13. The minimum Gasteiger partial charge on any atom is -0.492 e. The predicted molar refractivity (Wildman–Crippen MR) is 67.6 cm³/mol. The van der Waals surface area contributed by atoms with Gasteiger partial charge in [-0.15, -0.1) is 0 Å². The van der Waals surface area contributed by atoms with E-state index in [9.17, 15) is 0 Å². The molecule has 0 spiro atoms. The molecule has 1 aromatic heterocycles.